The molecule has 1 aromatic rings. The lowest BCUT2D eigenvalue weighted by Gasteiger charge is -2.21. The first kappa shape index (κ1) is 16.5. The maximum Gasteiger partial charge on any atom is 0.250 e. The number of rotatable bonds is 6. The van der Waals surface area contributed by atoms with E-state index in [-0.39, 0.29) is 5.91 Å². The summed E-state index contributed by atoms with van der Waals surface area (Å²) in [6.45, 7) is 0.330. The van der Waals surface area contributed by atoms with Crippen LogP contribution in [0, 0.1) is 5.92 Å². The topological polar surface area (TPSA) is 98.2 Å². The van der Waals surface area contributed by atoms with Gasteiger partial charge in [-0.25, -0.2) is 0 Å². The molecule has 0 radical (unpaired) electrons. The zero-order valence-corrected chi connectivity index (χ0v) is 12.9. The maximum atomic E-state index is 12.1. The van der Waals surface area contributed by atoms with Gasteiger partial charge >= 0.3 is 0 Å². The van der Waals surface area contributed by atoms with Crippen molar-refractivity contribution in [1.29, 1.82) is 0 Å². The van der Waals surface area contributed by atoms with Gasteiger partial charge < -0.3 is 16.8 Å². The molecule has 1 saturated carbocycles. The Kier molecular flexibility index (Phi) is 5.95. The predicted octanol–water partition coefficient (Wildman–Crippen LogP) is 2.54. The summed E-state index contributed by atoms with van der Waals surface area (Å²) in [4.78, 5) is 23.6. The Hall–Kier alpha value is -1.88. The highest BCUT2D eigenvalue weighted by Crippen LogP contribution is 2.27. The number of carbonyl (C=O) groups is 2. The molecule has 0 bridgehead atoms. The summed E-state index contributed by atoms with van der Waals surface area (Å²) in [5.41, 5.74) is 12.5. The highest BCUT2D eigenvalue weighted by atomic mass is 16.2. The van der Waals surface area contributed by atoms with Gasteiger partial charge in [-0.3, -0.25) is 9.59 Å². The lowest BCUT2D eigenvalue weighted by molar-refractivity contribution is -0.116. The second-order valence-corrected chi connectivity index (χ2v) is 6.04. The summed E-state index contributed by atoms with van der Waals surface area (Å²) in [6.07, 6.45) is 7.73. The Morgan fingerprint density at radius 2 is 1.91 bits per heavy atom. The fourth-order valence-electron chi connectivity index (χ4n) is 3.05. The third kappa shape index (κ3) is 4.56. The van der Waals surface area contributed by atoms with Crippen molar-refractivity contribution in [3.63, 3.8) is 0 Å². The molecule has 120 valence electrons. The number of benzene rings is 1. The van der Waals surface area contributed by atoms with Gasteiger partial charge in [0.2, 0.25) is 5.91 Å². The molecule has 0 atom stereocenters. The molecule has 1 fully saturated rings. The van der Waals surface area contributed by atoms with Crippen molar-refractivity contribution < 1.29 is 9.59 Å². The minimum absolute atomic E-state index is 0.0615. The van der Waals surface area contributed by atoms with Crippen LogP contribution in [-0.2, 0) is 11.3 Å². The third-order valence-electron chi connectivity index (χ3n) is 4.36. The molecule has 0 heterocycles. The van der Waals surface area contributed by atoms with Gasteiger partial charge in [0.05, 0.1) is 11.3 Å². The number of amides is 2. The van der Waals surface area contributed by atoms with E-state index >= 15 is 0 Å². The molecule has 5 N–H and O–H groups in total. The zero-order chi connectivity index (χ0) is 15.9. The van der Waals surface area contributed by atoms with Crippen LogP contribution < -0.4 is 16.8 Å². The Bertz CT molecular complexity index is 537. The molecule has 0 aromatic heterocycles. The number of primary amides is 1. The Balaban J connectivity index is 1.94. The molecule has 2 rings (SSSR count). The van der Waals surface area contributed by atoms with Crippen molar-refractivity contribution in [1.82, 2.24) is 0 Å². The van der Waals surface area contributed by atoms with Crippen LogP contribution in [0.5, 0.6) is 0 Å². The Labute approximate surface area is 131 Å². The van der Waals surface area contributed by atoms with Crippen molar-refractivity contribution in [2.45, 2.75) is 51.5 Å². The average Bonchev–Trinajstić information content (AvgIpc) is 2.54. The van der Waals surface area contributed by atoms with Crippen LogP contribution in [0.4, 0.5) is 5.69 Å². The largest absolute Gasteiger partial charge is 0.366 e. The quantitative estimate of drug-likeness (QED) is 0.753. The molecule has 5 heteroatoms. The van der Waals surface area contributed by atoms with Gasteiger partial charge in [-0.15, -0.1) is 0 Å². The lowest BCUT2D eigenvalue weighted by atomic mass is 9.86. The van der Waals surface area contributed by atoms with Crippen molar-refractivity contribution in [2.75, 3.05) is 5.32 Å². The summed E-state index contributed by atoms with van der Waals surface area (Å²) in [7, 11) is 0. The highest BCUT2D eigenvalue weighted by Gasteiger charge is 2.16. The summed E-state index contributed by atoms with van der Waals surface area (Å²) >= 11 is 0. The van der Waals surface area contributed by atoms with Crippen LogP contribution in [-0.4, -0.2) is 11.8 Å². The first-order chi connectivity index (χ1) is 10.6. The number of carbonyl (C=O) groups excluding carboxylic acids is 2. The second kappa shape index (κ2) is 7.94. The van der Waals surface area contributed by atoms with E-state index in [9.17, 15) is 9.59 Å². The number of anilines is 1. The van der Waals surface area contributed by atoms with Crippen LogP contribution in [0.3, 0.4) is 0 Å². The SMILES string of the molecule is NCc1ccc(NC(=O)CCC2CCCCC2)c(C(N)=O)c1. The molecule has 1 aliphatic carbocycles. The summed E-state index contributed by atoms with van der Waals surface area (Å²) in [5, 5.41) is 2.80. The van der Waals surface area contributed by atoms with E-state index in [1.165, 1.54) is 32.1 Å². The molecular formula is C17H25N3O2. The van der Waals surface area contributed by atoms with E-state index < -0.39 is 5.91 Å². The minimum Gasteiger partial charge on any atom is -0.366 e. The summed E-state index contributed by atoms with van der Waals surface area (Å²) in [6, 6.07) is 5.13. The van der Waals surface area contributed by atoms with Gasteiger partial charge in [0.25, 0.3) is 5.91 Å². The smallest absolute Gasteiger partial charge is 0.250 e. The maximum absolute atomic E-state index is 12.1. The Morgan fingerprint density at radius 1 is 1.18 bits per heavy atom. The summed E-state index contributed by atoms with van der Waals surface area (Å²) in [5.74, 6) is 0.0428. The molecule has 0 aliphatic heterocycles. The normalized spacial score (nSPS) is 15.5. The number of hydrogen-bond donors (Lipinski definition) is 3. The van der Waals surface area contributed by atoms with E-state index in [2.05, 4.69) is 5.32 Å². The predicted molar refractivity (Wildman–Crippen MR) is 87.3 cm³/mol. The molecule has 22 heavy (non-hydrogen) atoms. The van der Waals surface area contributed by atoms with E-state index in [1.54, 1.807) is 18.2 Å². The molecular weight excluding hydrogens is 278 g/mol. The van der Waals surface area contributed by atoms with Crippen molar-refractivity contribution in [2.24, 2.45) is 17.4 Å². The van der Waals surface area contributed by atoms with Crippen molar-refractivity contribution in [3.05, 3.63) is 29.3 Å². The fraction of sp³-hybridized carbons (Fsp3) is 0.529. The van der Waals surface area contributed by atoms with E-state index in [1.807, 2.05) is 0 Å². The molecule has 0 spiro atoms. The molecule has 0 unspecified atom stereocenters. The zero-order valence-electron chi connectivity index (χ0n) is 12.9. The van der Waals surface area contributed by atoms with Gasteiger partial charge in [0, 0.05) is 13.0 Å². The number of nitrogens with one attached hydrogen (secondary N) is 1. The van der Waals surface area contributed by atoms with Crippen LogP contribution in [0.25, 0.3) is 0 Å². The highest BCUT2D eigenvalue weighted by molar-refractivity contribution is 6.03. The Morgan fingerprint density at radius 3 is 2.55 bits per heavy atom. The first-order valence-corrected chi connectivity index (χ1v) is 8.03. The third-order valence-corrected chi connectivity index (χ3v) is 4.36. The minimum atomic E-state index is -0.558. The number of hydrogen-bond acceptors (Lipinski definition) is 3. The van der Waals surface area contributed by atoms with Gasteiger partial charge in [-0.05, 0) is 30.0 Å². The number of nitrogens with two attached hydrogens (primary N) is 2. The fourth-order valence-corrected chi connectivity index (χ4v) is 3.05. The van der Waals surface area contributed by atoms with Crippen LogP contribution in [0.1, 0.15) is 60.9 Å². The monoisotopic (exact) mass is 303 g/mol. The standard InChI is InChI=1S/C17H25N3O2/c18-11-13-6-8-15(14(10-13)17(19)22)20-16(21)9-7-12-4-2-1-3-5-12/h6,8,10,12H,1-5,7,9,11,18H2,(H2,19,22)(H,20,21). The van der Waals surface area contributed by atoms with Gasteiger partial charge in [0.15, 0.2) is 0 Å². The van der Waals surface area contributed by atoms with Crippen LogP contribution in [0.2, 0.25) is 0 Å². The van der Waals surface area contributed by atoms with Gasteiger partial charge in [-0.1, -0.05) is 38.2 Å². The van der Waals surface area contributed by atoms with Crippen molar-refractivity contribution in [3.8, 4) is 0 Å². The molecule has 1 aromatic carbocycles. The van der Waals surface area contributed by atoms with Crippen LogP contribution >= 0.6 is 0 Å². The molecule has 0 saturated heterocycles. The van der Waals surface area contributed by atoms with Gasteiger partial charge in [-0.2, -0.15) is 0 Å². The van der Waals surface area contributed by atoms with Gasteiger partial charge in [0.1, 0.15) is 0 Å². The molecule has 1 aliphatic rings. The van der Waals surface area contributed by atoms with E-state index in [0.717, 1.165) is 12.0 Å². The van der Waals surface area contributed by atoms with Crippen LogP contribution in [0.15, 0.2) is 18.2 Å². The molecule has 2 amide bonds. The second-order valence-electron chi connectivity index (χ2n) is 6.04. The van der Waals surface area contributed by atoms with Crippen molar-refractivity contribution >= 4 is 17.5 Å². The molecule has 5 nitrogen and oxygen atoms in total. The first-order valence-electron chi connectivity index (χ1n) is 8.03. The lowest BCUT2D eigenvalue weighted by Crippen LogP contribution is -2.19. The summed E-state index contributed by atoms with van der Waals surface area (Å²) < 4.78 is 0. The average molecular weight is 303 g/mol. The van der Waals surface area contributed by atoms with E-state index in [4.69, 9.17) is 11.5 Å². The van der Waals surface area contributed by atoms with E-state index in [0.29, 0.717) is 30.1 Å².